The molecule has 0 bridgehead atoms. The van der Waals surface area contributed by atoms with E-state index in [0.717, 1.165) is 17.2 Å². The van der Waals surface area contributed by atoms with Gasteiger partial charge in [0, 0.05) is 5.39 Å². The summed E-state index contributed by atoms with van der Waals surface area (Å²) in [6.45, 7) is 2.10. The molecular formula is C12H12O. The molecule has 1 N–H and O–H groups in total. The minimum atomic E-state index is 0.384. The second-order valence-corrected chi connectivity index (χ2v) is 3.15. The van der Waals surface area contributed by atoms with Gasteiger partial charge in [0.1, 0.15) is 5.75 Å². The maximum absolute atomic E-state index is 9.68. The Morgan fingerprint density at radius 2 is 1.77 bits per heavy atom. The van der Waals surface area contributed by atoms with Gasteiger partial charge in [-0.2, -0.15) is 0 Å². The van der Waals surface area contributed by atoms with Gasteiger partial charge in [0.25, 0.3) is 0 Å². The third-order valence-electron chi connectivity index (χ3n) is 2.35. The number of phenols is 1. The van der Waals surface area contributed by atoms with Crippen LogP contribution in [0.2, 0.25) is 0 Å². The molecule has 0 radical (unpaired) electrons. The highest BCUT2D eigenvalue weighted by Gasteiger charge is 2.02. The van der Waals surface area contributed by atoms with Crippen LogP contribution in [0.15, 0.2) is 36.4 Å². The van der Waals surface area contributed by atoms with Crippen molar-refractivity contribution in [3.63, 3.8) is 0 Å². The van der Waals surface area contributed by atoms with Gasteiger partial charge in [-0.05, 0) is 23.4 Å². The van der Waals surface area contributed by atoms with Gasteiger partial charge in [0.2, 0.25) is 0 Å². The Hall–Kier alpha value is -1.50. The van der Waals surface area contributed by atoms with E-state index in [4.69, 9.17) is 0 Å². The second kappa shape index (κ2) is 3.09. The van der Waals surface area contributed by atoms with Gasteiger partial charge >= 0.3 is 0 Å². The number of aromatic hydroxyl groups is 1. The van der Waals surface area contributed by atoms with Crippen molar-refractivity contribution >= 4 is 10.8 Å². The van der Waals surface area contributed by atoms with E-state index in [1.807, 2.05) is 24.3 Å². The number of phenolic OH excluding ortho intramolecular Hbond substituents is 1. The van der Waals surface area contributed by atoms with E-state index < -0.39 is 0 Å². The van der Waals surface area contributed by atoms with Crippen LogP contribution in [0.5, 0.6) is 5.75 Å². The smallest absolute Gasteiger partial charge is 0.123 e. The van der Waals surface area contributed by atoms with Crippen LogP contribution < -0.4 is 0 Å². The van der Waals surface area contributed by atoms with Crippen LogP contribution in [0.1, 0.15) is 12.5 Å². The Bertz CT molecular complexity index is 427. The quantitative estimate of drug-likeness (QED) is 0.700. The maximum atomic E-state index is 9.68. The lowest BCUT2D eigenvalue weighted by Gasteiger charge is -2.05. The minimum Gasteiger partial charge on any atom is -0.507 e. The number of hydrogen-bond acceptors (Lipinski definition) is 1. The third-order valence-corrected chi connectivity index (χ3v) is 2.35. The summed E-state index contributed by atoms with van der Waals surface area (Å²) in [6.07, 6.45) is 0.953. The molecule has 2 aromatic rings. The van der Waals surface area contributed by atoms with Crippen molar-refractivity contribution in [3.05, 3.63) is 42.0 Å². The Kier molecular flexibility index (Phi) is 1.93. The molecule has 2 aromatic carbocycles. The normalized spacial score (nSPS) is 10.5. The number of rotatable bonds is 1. The minimum absolute atomic E-state index is 0.384. The van der Waals surface area contributed by atoms with Crippen LogP contribution in [0.25, 0.3) is 10.8 Å². The molecule has 66 valence electrons. The Labute approximate surface area is 77.6 Å². The molecule has 2 rings (SSSR count). The molecule has 0 saturated carbocycles. The monoisotopic (exact) mass is 172 g/mol. The summed E-state index contributed by atoms with van der Waals surface area (Å²) >= 11 is 0. The van der Waals surface area contributed by atoms with Crippen molar-refractivity contribution in [2.24, 2.45) is 0 Å². The fourth-order valence-electron chi connectivity index (χ4n) is 1.69. The van der Waals surface area contributed by atoms with Crippen LogP contribution in [-0.2, 0) is 6.42 Å². The van der Waals surface area contributed by atoms with E-state index in [-0.39, 0.29) is 0 Å². The molecule has 1 nitrogen and oxygen atoms in total. The van der Waals surface area contributed by atoms with Crippen LogP contribution in [0.4, 0.5) is 0 Å². The molecule has 0 aliphatic rings. The zero-order valence-corrected chi connectivity index (χ0v) is 7.62. The zero-order chi connectivity index (χ0) is 9.26. The summed E-state index contributed by atoms with van der Waals surface area (Å²) in [5, 5.41) is 11.8. The predicted octanol–water partition coefficient (Wildman–Crippen LogP) is 3.11. The molecule has 0 saturated heterocycles. The number of benzene rings is 2. The van der Waals surface area contributed by atoms with Crippen molar-refractivity contribution in [1.29, 1.82) is 0 Å². The topological polar surface area (TPSA) is 20.2 Å². The molecule has 0 atom stereocenters. The van der Waals surface area contributed by atoms with Crippen molar-refractivity contribution in [3.8, 4) is 5.75 Å². The summed E-state index contributed by atoms with van der Waals surface area (Å²) in [5.41, 5.74) is 1.20. The first-order chi connectivity index (χ1) is 6.33. The van der Waals surface area contributed by atoms with E-state index >= 15 is 0 Å². The summed E-state index contributed by atoms with van der Waals surface area (Å²) in [7, 11) is 0. The van der Waals surface area contributed by atoms with Gasteiger partial charge in [-0.15, -0.1) is 0 Å². The summed E-state index contributed by atoms with van der Waals surface area (Å²) < 4.78 is 0. The molecule has 0 fully saturated rings. The van der Waals surface area contributed by atoms with Crippen LogP contribution in [0, 0.1) is 0 Å². The summed E-state index contributed by atoms with van der Waals surface area (Å²) in [4.78, 5) is 0. The number of fused-ring (bicyclic) bond motifs is 1. The van der Waals surface area contributed by atoms with Gasteiger partial charge in [-0.1, -0.05) is 37.3 Å². The van der Waals surface area contributed by atoms with E-state index in [1.54, 1.807) is 6.07 Å². The average Bonchev–Trinajstić information content (AvgIpc) is 2.17. The molecule has 13 heavy (non-hydrogen) atoms. The van der Waals surface area contributed by atoms with Crippen molar-refractivity contribution in [2.45, 2.75) is 13.3 Å². The molecule has 0 spiro atoms. The first-order valence-electron chi connectivity index (χ1n) is 4.52. The fraction of sp³-hybridized carbons (Fsp3) is 0.167. The first-order valence-corrected chi connectivity index (χ1v) is 4.52. The van der Waals surface area contributed by atoms with Crippen LogP contribution >= 0.6 is 0 Å². The first kappa shape index (κ1) is 8.11. The molecule has 0 heterocycles. The average molecular weight is 172 g/mol. The maximum Gasteiger partial charge on any atom is 0.123 e. The molecular weight excluding hydrogens is 160 g/mol. The Balaban J connectivity index is 2.87. The standard InChI is InChI=1S/C12H12O/c1-2-9-5-3-6-10-7-4-8-11(13)12(9)10/h3-8,13H,2H2,1H3. The molecule has 0 unspecified atom stereocenters. The van der Waals surface area contributed by atoms with E-state index in [1.165, 1.54) is 5.56 Å². The lowest BCUT2D eigenvalue weighted by atomic mass is 10.0. The molecule has 0 aromatic heterocycles. The second-order valence-electron chi connectivity index (χ2n) is 3.15. The lowest BCUT2D eigenvalue weighted by molar-refractivity contribution is 0.481. The van der Waals surface area contributed by atoms with E-state index in [0.29, 0.717) is 5.75 Å². The zero-order valence-electron chi connectivity index (χ0n) is 7.62. The molecule has 0 aliphatic carbocycles. The van der Waals surface area contributed by atoms with Gasteiger partial charge < -0.3 is 5.11 Å². The largest absolute Gasteiger partial charge is 0.507 e. The number of aryl methyl sites for hydroxylation is 1. The highest BCUT2D eigenvalue weighted by atomic mass is 16.3. The summed E-state index contributed by atoms with van der Waals surface area (Å²) in [6, 6.07) is 11.7. The fourth-order valence-corrected chi connectivity index (χ4v) is 1.69. The molecule has 0 amide bonds. The lowest BCUT2D eigenvalue weighted by Crippen LogP contribution is -1.83. The van der Waals surface area contributed by atoms with Crippen molar-refractivity contribution in [2.75, 3.05) is 0 Å². The van der Waals surface area contributed by atoms with E-state index in [2.05, 4.69) is 13.0 Å². The van der Waals surface area contributed by atoms with Crippen LogP contribution in [-0.4, -0.2) is 5.11 Å². The Morgan fingerprint density at radius 3 is 2.46 bits per heavy atom. The Morgan fingerprint density at radius 1 is 1.08 bits per heavy atom. The molecule has 0 aliphatic heterocycles. The van der Waals surface area contributed by atoms with Gasteiger partial charge in [0.15, 0.2) is 0 Å². The van der Waals surface area contributed by atoms with Crippen molar-refractivity contribution < 1.29 is 5.11 Å². The van der Waals surface area contributed by atoms with E-state index in [9.17, 15) is 5.11 Å². The predicted molar refractivity (Wildman–Crippen MR) is 55.0 cm³/mol. The highest BCUT2D eigenvalue weighted by molar-refractivity contribution is 5.91. The third kappa shape index (κ3) is 1.26. The summed E-state index contributed by atoms with van der Waals surface area (Å²) in [5.74, 6) is 0.384. The van der Waals surface area contributed by atoms with Gasteiger partial charge in [-0.3, -0.25) is 0 Å². The highest BCUT2D eigenvalue weighted by Crippen LogP contribution is 2.27. The van der Waals surface area contributed by atoms with Gasteiger partial charge in [0.05, 0.1) is 0 Å². The van der Waals surface area contributed by atoms with Crippen molar-refractivity contribution in [1.82, 2.24) is 0 Å². The number of hydrogen-bond donors (Lipinski definition) is 1. The SMILES string of the molecule is CCc1cccc2cccc(O)c12. The van der Waals surface area contributed by atoms with Gasteiger partial charge in [-0.25, -0.2) is 0 Å². The molecule has 1 heteroatoms. The van der Waals surface area contributed by atoms with Crippen LogP contribution in [0.3, 0.4) is 0 Å².